The van der Waals surface area contributed by atoms with Crippen molar-refractivity contribution >= 4 is 23.1 Å². The first-order valence-electron chi connectivity index (χ1n) is 16.2. The molecular weight excluding hydrogens is 610 g/mol. The summed E-state index contributed by atoms with van der Waals surface area (Å²) in [6, 6.07) is 16.6. The molecule has 0 spiro atoms. The first-order valence-corrected chi connectivity index (χ1v) is 16.5. The number of hydrogen-bond donors (Lipinski definition) is 2. The minimum Gasteiger partial charge on any atom is -0.496 e. The van der Waals surface area contributed by atoms with Crippen LogP contribution in [0.1, 0.15) is 60.8 Å². The number of halogens is 3. The van der Waals surface area contributed by atoms with E-state index < -0.39 is 11.6 Å². The number of aryl methyl sites for hydroxylation is 1. The zero-order chi connectivity index (χ0) is 32.4. The molecule has 1 aliphatic carbocycles. The lowest BCUT2D eigenvalue weighted by atomic mass is 9.75. The number of piperidine rings is 1. The van der Waals surface area contributed by atoms with Crippen molar-refractivity contribution in [3.63, 3.8) is 0 Å². The van der Waals surface area contributed by atoms with Gasteiger partial charge in [-0.05, 0) is 104 Å². The molecular formula is C37H41ClF2N2O4. The highest BCUT2D eigenvalue weighted by molar-refractivity contribution is 6.32. The van der Waals surface area contributed by atoms with Gasteiger partial charge in [-0.1, -0.05) is 48.0 Å². The summed E-state index contributed by atoms with van der Waals surface area (Å²) in [5.41, 5.74) is 6.13. The maximum Gasteiger partial charge on any atom is 0.252 e. The van der Waals surface area contributed by atoms with Crippen LogP contribution >= 0.6 is 11.6 Å². The fourth-order valence-corrected chi connectivity index (χ4v) is 7.18. The average molecular weight is 651 g/mol. The first kappa shape index (κ1) is 32.5. The average Bonchev–Trinajstić information content (AvgIpc) is 3.91. The van der Waals surface area contributed by atoms with Gasteiger partial charge in [0.05, 0.1) is 13.7 Å². The molecule has 0 aromatic heterocycles. The number of aliphatic hydroxyl groups excluding tert-OH is 1. The van der Waals surface area contributed by atoms with Gasteiger partial charge < -0.3 is 24.8 Å². The van der Waals surface area contributed by atoms with Crippen molar-refractivity contribution in [1.82, 2.24) is 10.2 Å². The van der Waals surface area contributed by atoms with E-state index in [1.807, 2.05) is 24.0 Å². The Morgan fingerprint density at radius 1 is 1.07 bits per heavy atom. The summed E-state index contributed by atoms with van der Waals surface area (Å²) in [6.45, 7) is 2.87. The standard InChI is InChI=1S/C37H41ClF2N2O4/c1-22-26(6-3-7-33(22)45-2)20-42(28-12-13-28)37(44)34-29(19-27-17-24(21-43)18-32(34)41-27)25-10-8-23(9-11-25)5-4-16-46-36-31(40)15-14-30(39)35(36)38/h3,6-11,14-15,24,27-28,32,41,43H,4-5,12-13,16-21H2,1-2H3/t24?,27-,32?/m0/s1. The third-order valence-corrected chi connectivity index (χ3v) is 9.95. The highest BCUT2D eigenvalue weighted by Gasteiger charge is 2.43. The Bertz CT molecular complexity index is 1610. The molecule has 6 rings (SSSR count). The summed E-state index contributed by atoms with van der Waals surface area (Å²) in [5.74, 6) is -0.620. The van der Waals surface area contributed by atoms with E-state index in [9.17, 15) is 18.7 Å². The van der Waals surface area contributed by atoms with Gasteiger partial charge in [-0.3, -0.25) is 4.79 Å². The minimum absolute atomic E-state index is 0.0683. The molecule has 2 unspecified atom stereocenters. The van der Waals surface area contributed by atoms with Crippen LogP contribution in [0.3, 0.4) is 0 Å². The van der Waals surface area contributed by atoms with E-state index in [1.54, 1.807) is 7.11 Å². The second-order valence-electron chi connectivity index (χ2n) is 12.8. The van der Waals surface area contributed by atoms with Gasteiger partial charge >= 0.3 is 0 Å². The van der Waals surface area contributed by atoms with E-state index >= 15 is 0 Å². The van der Waals surface area contributed by atoms with E-state index in [-0.39, 0.29) is 53.9 Å². The zero-order valence-corrected chi connectivity index (χ0v) is 27.1. The Labute approximate surface area is 274 Å². The smallest absolute Gasteiger partial charge is 0.252 e. The van der Waals surface area contributed by atoms with Crippen LogP contribution in [0.25, 0.3) is 5.57 Å². The van der Waals surface area contributed by atoms with Crippen LogP contribution in [-0.2, 0) is 17.8 Å². The van der Waals surface area contributed by atoms with Gasteiger partial charge in [-0.15, -0.1) is 0 Å². The van der Waals surface area contributed by atoms with Gasteiger partial charge in [0.25, 0.3) is 5.91 Å². The third-order valence-electron chi connectivity index (χ3n) is 9.60. The number of ether oxygens (including phenoxy) is 2. The lowest BCUT2D eigenvalue weighted by molar-refractivity contribution is -0.128. The molecule has 46 heavy (non-hydrogen) atoms. The molecule has 3 aliphatic rings. The third kappa shape index (κ3) is 6.94. The molecule has 2 aliphatic heterocycles. The van der Waals surface area contributed by atoms with Gasteiger partial charge in [-0.25, -0.2) is 8.78 Å². The molecule has 9 heteroatoms. The Morgan fingerprint density at radius 2 is 1.83 bits per heavy atom. The first-order chi connectivity index (χ1) is 22.3. The van der Waals surface area contributed by atoms with E-state index in [2.05, 4.69) is 35.6 Å². The normalized spacial score (nSPS) is 20.9. The molecule has 1 amide bonds. The fraction of sp³-hybridized carbons (Fsp3) is 0.432. The van der Waals surface area contributed by atoms with Gasteiger partial charge in [0.2, 0.25) is 0 Å². The summed E-state index contributed by atoms with van der Waals surface area (Å²) < 4.78 is 38.8. The molecule has 3 aromatic rings. The van der Waals surface area contributed by atoms with E-state index in [0.29, 0.717) is 19.4 Å². The molecule has 1 saturated heterocycles. The molecule has 2 bridgehead atoms. The van der Waals surface area contributed by atoms with Crippen LogP contribution in [0.4, 0.5) is 8.78 Å². The zero-order valence-electron chi connectivity index (χ0n) is 26.3. The molecule has 0 radical (unpaired) electrons. The molecule has 1 saturated carbocycles. The van der Waals surface area contributed by atoms with Gasteiger partial charge in [0.15, 0.2) is 11.6 Å². The van der Waals surface area contributed by atoms with Crippen molar-refractivity contribution in [2.45, 2.75) is 76.5 Å². The SMILES string of the molecule is COc1cccc(CN(C(=O)C2=C(c3ccc(CCCOc4c(F)ccc(F)c4Cl)cc3)C[C@@H]3CC(CO)CC2N3)C2CC2)c1C. The Hall–Kier alpha value is -3.46. The molecule has 3 aromatic carbocycles. The quantitative estimate of drug-likeness (QED) is 0.163. The number of nitrogens with zero attached hydrogens (tertiary/aromatic N) is 1. The Kier molecular flexibility index (Phi) is 9.97. The van der Waals surface area contributed by atoms with Crippen LogP contribution in [0.5, 0.6) is 11.5 Å². The Morgan fingerprint density at radius 3 is 2.54 bits per heavy atom. The number of carbonyl (C=O) groups excluding carboxylic acids is 1. The molecule has 2 N–H and O–H groups in total. The minimum atomic E-state index is -0.717. The van der Waals surface area contributed by atoms with Crippen LogP contribution < -0.4 is 14.8 Å². The van der Waals surface area contributed by atoms with Crippen molar-refractivity contribution in [2.75, 3.05) is 20.3 Å². The van der Waals surface area contributed by atoms with Crippen LogP contribution in [0, 0.1) is 24.5 Å². The number of benzene rings is 3. The summed E-state index contributed by atoms with van der Waals surface area (Å²) in [6.07, 6.45) is 5.58. The number of hydrogen-bond acceptors (Lipinski definition) is 5. The number of nitrogens with one attached hydrogen (secondary N) is 1. The second kappa shape index (κ2) is 14.1. The van der Waals surface area contributed by atoms with Gasteiger partial charge in [0, 0.05) is 36.9 Å². The highest BCUT2D eigenvalue weighted by atomic mass is 35.5. The van der Waals surface area contributed by atoms with Crippen molar-refractivity contribution in [3.8, 4) is 11.5 Å². The molecule has 2 fully saturated rings. The highest BCUT2D eigenvalue weighted by Crippen LogP contribution is 2.41. The molecule has 244 valence electrons. The van der Waals surface area contributed by atoms with E-state index in [4.69, 9.17) is 21.1 Å². The van der Waals surface area contributed by atoms with Gasteiger partial charge in [0.1, 0.15) is 16.6 Å². The van der Waals surface area contributed by atoms with Crippen molar-refractivity contribution < 1.29 is 28.2 Å². The molecule has 3 atom stereocenters. The number of carbonyl (C=O) groups is 1. The number of methoxy groups -OCH3 is 1. The van der Waals surface area contributed by atoms with Crippen molar-refractivity contribution in [3.05, 3.63) is 99.1 Å². The maximum atomic E-state index is 14.6. The molecule has 2 heterocycles. The van der Waals surface area contributed by atoms with Crippen LogP contribution in [0.15, 0.2) is 60.2 Å². The monoisotopic (exact) mass is 650 g/mol. The summed E-state index contributed by atoms with van der Waals surface area (Å²) >= 11 is 5.88. The summed E-state index contributed by atoms with van der Waals surface area (Å²) in [5, 5.41) is 13.4. The van der Waals surface area contributed by atoms with E-state index in [0.717, 1.165) is 83.4 Å². The summed E-state index contributed by atoms with van der Waals surface area (Å²) in [4.78, 5) is 16.7. The van der Waals surface area contributed by atoms with Crippen molar-refractivity contribution in [1.29, 1.82) is 0 Å². The number of rotatable bonds is 12. The maximum absolute atomic E-state index is 14.6. The second-order valence-corrected chi connectivity index (χ2v) is 13.1. The number of aliphatic hydroxyl groups is 1. The lowest BCUT2D eigenvalue weighted by Crippen LogP contribution is -2.53. The van der Waals surface area contributed by atoms with Crippen molar-refractivity contribution in [2.24, 2.45) is 5.92 Å². The van der Waals surface area contributed by atoms with Crippen LogP contribution in [-0.4, -0.2) is 54.4 Å². The largest absolute Gasteiger partial charge is 0.496 e. The lowest BCUT2D eigenvalue weighted by Gasteiger charge is -2.43. The van der Waals surface area contributed by atoms with Gasteiger partial charge in [-0.2, -0.15) is 0 Å². The predicted molar refractivity (Wildman–Crippen MR) is 175 cm³/mol. The Balaban J connectivity index is 1.23. The van der Waals surface area contributed by atoms with E-state index in [1.165, 1.54) is 0 Å². The topological polar surface area (TPSA) is 71.0 Å². The molecule has 6 nitrogen and oxygen atoms in total. The predicted octanol–water partition coefficient (Wildman–Crippen LogP) is 7.02. The fourth-order valence-electron chi connectivity index (χ4n) is 6.97. The summed E-state index contributed by atoms with van der Waals surface area (Å²) in [7, 11) is 1.67. The van der Waals surface area contributed by atoms with Crippen LogP contribution in [0.2, 0.25) is 5.02 Å². The number of amides is 1. The number of fused-ring (bicyclic) bond motifs is 2.